The van der Waals surface area contributed by atoms with E-state index in [0.29, 0.717) is 36.5 Å². The first-order valence-corrected chi connectivity index (χ1v) is 13.5. The number of ketones is 1. The maximum atomic E-state index is 12.3. The van der Waals surface area contributed by atoms with Crippen molar-refractivity contribution in [2.45, 2.75) is 88.8 Å². The second-order valence-electron chi connectivity index (χ2n) is 11.8. The number of hydrogen-bond donors (Lipinski definition) is 2. The molecule has 0 aliphatic heterocycles. The van der Waals surface area contributed by atoms with Crippen LogP contribution in [0.2, 0.25) is 0 Å². The third-order valence-electron chi connectivity index (χ3n) is 10.1. The number of aliphatic hydroxyl groups is 2. The summed E-state index contributed by atoms with van der Waals surface area (Å²) in [5, 5.41) is 22.9. The van der Waals surface area contributed by atoms with Crippen molar-refractivity contribution in [2.75, 3.05) is 0 Å². The first kappa shape index (κ1) is 21.6. The Kier molecular flexibility index (Phi) is 5.06. The van der Waals surface area contributed by atoms with Gasteiger partial charge in [0.2, 0.25) is 0 Å². The van der Waals surface area contributed by atoms with E-state index in [-0.39, 0.29) is 23.2 Å². The fourth-order valence-corrected chi connectivity index (χ4v) is 8.72. The molecule has 2 N–H and O–H groups in total. The number of allylic oxidation sites excluding steroid dienone is 1. The van der Waals surface area contributed by atoms with Crippen LogP contribution in [-0.2, 0) is 4.79 Å². The number of carbonyl (C=O) groups is 1. The zero-order valence-corrected chi connectivity index (χ0v) is 20.6. The highest BCUT2D eigenvalue weighted by molar-refractivity contribution is 9.10. The van der Waals surface area contributed by atoms with Crippen LogP contribution in [0.4, 0.5) is 0 Å². The predicted octanol–water partition coefficient (Wildman–Crippen LogP) is 5.93. The molecule has 6 rings (SSSR count). The normalized spacial score (nSPS) is 42.3. The molecule has 32 heavy (non-hydrogen) atoms. The Morgan fingerprint density at radius 2 is 1.81 bits per heavy atom. The van der Waals surface area contributed by atoms with Crippen molar-refractivity contribution in [3.8, 4) is 0 Å². The molecule has 3 nitrogen and oxygen atoms in total. The molecule has 1 aromatic rings. The van der Waals surface area contributed by atoms with Gasteiger partial charge in [-0.2, -0.15) is 0 Å². The summed E-state index contributed by atoms with van der Waals surface area (Å²) in [5.74, 6) is 2.45. The van der Waals surface area contributed by atoms with Gasteiger partial charge < -0.3 is 10.2 Å². The van der Waals surface area contributed by atoms with E-state index < -0.39 is 5.60 Å². The van der Waals surface area contributed by atoms with Crippen LogP contribution < -0.4 is 0 Å². The van der Waals surface area contributed by atoms with Gasteiger partial charge in [-0.25, -0.2) is 0 Å². The molecule has 0 spiro atoms. The Morgan fingerprint density at radius 1 is 1.06 bits per heavy atom. The smallest absolute Gasteiger partial charge is 0.136 e. The summed E-state index contributed by atoms with van der Waals surface area (Å²) in [5.41, 5.74) is 3.21. The molecule has 1 unspecified atom stereocenters. The zero-order chi connectivity index (χ0) is 22.3. The van der Waals surface area contributed by atoms with Crippen LogP contribution in [0.3, 0.4) is 0 Å². The van der Waals surface area contributed by atoms with E-state index >= 15 is 0 Å². The van der Waals surface area contributed by atoms with Gasteiger partial charge >= 0.3 is 0 Å². The molecule has 0 bridgehead atoms. The molecular weight excluding hydrogens is 464 g/mol. The van der Waals surface area contributed by atoms with E-state index in [4.69, 9.17) is 0 Å². The second kappa shape index (κ2) is 7.52. The van der Waals surface area contributed by atoms with Crippen molar-refractivity contribution in [3.05, 3.63) is 45.4 Å². The summed E-state index contributed by atoms with van der Waals surface area (Å²) >= 11 is 3.59. The van der Waals surface area contributed by atoms with Crippen molar-refractivity contribution in [1.82, 2.24) is 0 Å². The number of rotatable bonds is 3. The highest BCUT2D eigenvalue weighted by Gasteiger charge is 2.60. The van der Waals surface area contributed by atoms with Crippen LogP contribution in [0.15, 0.2) is 39.9 Å². The van der Waals surface area contributed by atoms with Crippen LogP contribution in [0.25, 0.3) is 0 Å². The third-order valence-corrected chi connectivity index (χ3v) is 10.6. The quantitative estimate of drug-likeness (QED) is 0.507. The lowest BCUT2D eigenvalue weighted by Crippen LogP contribution is -2.50. The maximum Gasteiger partial charge on any atom is 0.136 e. The van der Waals surface area contributed by atoms with Crippen molar-refractivity contribution in [2.24, 2.45) is 29.1 Å². The first-order valence-electron chi connectivity index (χ1n) is 12.7. The molecule has 7 atom stereocenters. The summed E-state index contributed by atoms with van der Waals surface area (Å²) < 4.78 is 1.08. The van der Waals surface area contributed by atoms with Gasteiger partial charge in [0.05, 0.1) is 11.7 Å². The molecule has 1 aromatic carbocycles. The summed E-state index contributed by atoms with van der Waals surface area (Å²) in [6.07, 6.45) is 8.90. The van der Waals surface area contributed by atoms with Crippen molar-refractivity contribution in [1.29, 1.82) is 0 Å². The Morgan fingerprint density at radius 3 is 2.53 bits per heavy atom. The Labute approximate surface area is 199 Å². The van der Waals surface area contributed by atoms with Crippen LogP contribution in [0.5, 0.6) is 0 Å². The van der Waals surface area contributed by atoms with E-state index in [9.17, 15) is 15.0 Å². The third kappa shape index (κ3) is 3.23. The number of aliphatic hydroxyl groups excluding tert-OH is 1. The minimum absolute atomic E-state index is 0.133. The maximum absolute atomic E-state index is 12.3. The lowest BCUT2D eigenvalue weighted by atomic mass is 9.50. The average molecular weight is 499 g/mol. The monoisotopic (exact) mass is 498 g/mol. The standard InChI is InChI=1S/C28H35BrO3/c1-27-15-21(16-4-6-18(29)7-5-16)25-20(12-13-28(32)14-19(30)8-9-23(25)28)22(27)10-11-24(27)26(31)17-2-3-17/h4-7,17,20-22,24,26,31-32H,2-3,8-15H2,1H3/t20-,21+,22-,24+,26?,27-,28+/m0/s1. The molecule has 172 valence electrons. The van der Waals surface area contributed by atoms with Gasteiger partial charge in [0.15, 0.2) is 0 Å². The van der Waals surface area contributed by atoms with Gasteiger partial charge in [0, 0.05) is 23.2 Å². The Bertz CT molecular complexity index is 963. The van der Waals surface area contributed by atoms with Gasteiger partial charge in [-0.1, -0.05) is 40.6 Å². The lowest BCUT2D eigenvalue weighted by Gasteiger charge is -2.55. The topological polar surface area (TPSA) is 57.5 Å². The van der Waals surface area contributed by atoms with E-state index in [1.807, 2.05) is 0 Å². The van der Waals surface area contributed by atoms with E-state index in [1.165, 1.54) is 36.0 Å². The fraction of sp³-hybridized carbons (Fsp3) is 0.679. The van der Waals surface area contributed by atoms with Crippen LogP contribution in [0.1, 0.15) is 82.6 Å². The van der Waals surface area contributed by atoms with E-state index in [0.717, 1.165) is 36.6 Å². The van der Waals surface area contributed by atoms with Crippen molar-refractivity contribution >= 4 is 21.7 Å². The van der Waals surface area contributed by atoms with Crippen molar-refractivity contribution < 1.29 is 15.0 Å². The molecule has 4 saturated carbocycles. The molecule has 0 heterocycles. The minimum Gasteiger partial charge on any atom is -0.393 e. The van der Waals surface area contributed by atoms with Crippen molar-refractivity contribution in [3.63, 3.8) is 0 Å². The predicted molar refractivity (Wildman–Crippen MR) is 128 cm³/mol. The summed E-state index contributed by atoms with van der Waals surface area (Å²) in [6.45, 7) is 2.47. The molecule has 5 aliphatic carbocycles. The molecule has 0 aromatic heterocycles. The van der Waals surface area contributed by atoms with Gasteiger partial charge in [-0.15, -0.1) is 0 Å². The number of carbonyl (C=O) groups excluding carboxylic acids is 1. The Balaban J connectivity index is 1.47. The number of benzene rings is 1. The van der Waals surface area contributed by atoms with Crippen LogP contribution in [0, 0.1) is 29.1 Å². The van der Waals surface area contributed by atoms with Gasteiger partial charge in [-0.3, -0.25) is 4.79 Å². The van der Waals surface area contributed by atoms with Crippen LogP contribution in [-0.4, -0.2) is 27.7 Å². The zero-order valence-electron chi connectivity index (χ0n) is 19.0. The number of hydrogen-bond acceptors (Lipinski definition) is 3. The SMILES string of the molecule is C[C@]12C[C@H](c3ccc(Br)cc3)C3=C4CCC(=O)C[C@]4(O)CC[C@H]3[C@@H]1CC[C@@H]2C(O)C1CC1. The Hall–Kier alpha value is -0.970. The van der Waals surface area contributed by atoms with E-state index in [1.54, 1.807) is 0 Å². The summed E-state index contributed by atoms with van der Waals surface area (Å²) in [6, 6.07) is 8.75. The largest absolute Gasteiger partial charge is 0.393 e. The highest BCUT2D eigenvalue weighted by Crippen LogP contribution is 2.67. The van der Waals surface area contributed by atoms with Gasteiger partial charge in [0.1, 0.15) is 5.78 Å². The highest BCUT2D eigenvalue weighted by atomic mass is 79.9. The summed E-state index contributed by atoms with van der Waals surface area (Å²) in [7, 11) is 0. The molecule has 0 saturated heterocycles. The molecule has 4 heteroatoms. The number of fused-ring (bicyclic) bond motifs is 4. The van der Waals surface area contributed by atoms with E-state index in [2.05, 4.69) is 47.1 Å². The van der Waals surface area contributed by atoms with Crippen LogP contribution >= 0.6 is 15.9 Å². The molecule has 0 amide bonds. The summed E-state index contributed by atoms with van der Waals surface area (Å²) in [4.78, 5) is 12.3. The second-order valence-corrected chi connectivity index (χ2v) is 12.7. The molecular formula is C28H35BrO3. The lowest BCUT2D eigenvalue weighted by molar-refractivity contribution is -0.126. The average Bonchev–Trinajstić information content (AvgIpc) is 3.54. The number of Topliss-reactive ketones (excluding diaryl/α,β-unsaturated/α-hetero) is 1. The van der Waals surface area contributed by atoms with Gasteiger partial charge in [-0.05, 0) is 104 Å². The minimum atomic E-state index is -0.923. The molecule has 5 aliphatic rings. The fourth-order valence-electron chi connectivity index (χ4n) is 8.46. The number of halogens is 1. The molecule has 0 radical (unpaired) electrons. The first-order chi connectivity index (χ1) is 15.3. The molecule has 4 fully saturated rings. The van der Waals surface area contributed by atoms with Gasteiger partial charge in [0.25, 0.3) is 0 Å².